The second-order valence-electron chi connectivity index (χ2n) is 17.5. The summed E-state index contributed by atoms with van der Waals surface area (Å²) >= 11 is 0. The Labute approximate surface area is 380 Å². The fourth-order valence-electron chi connectivity index (χ4n) is 11.2. The summed E-state index contributed by atoms with van der Waals surface area (Å²) in [6.07, 6.45) is 4.22. The van der Waals surface area contributed by atoms with Gasteiger partial charge in [0, 0.05) is 44.7 Å². The van der Waals surface area contributed by atoms with Crippen molar-refractivity contribution in [2.75, 3.05) is 0 Å². The van der Waals surface area contributed by atoms with Crippen molar-refractivity contribution < 1.29 is 0 Å². The van der Waals surface area contributed by atoms with E-state index in [4.69, 9.17) is 9.97 Å². The van der Waals surface area contributed by atoms with Gasteiger partial charge in [-0.05, 0) is 123 Å². The van der Waals surface area contributed by atoms with Gasteiger partial charge in [0.1, 0.15) is 0 Å². The van der Waals surface area contributed by atoms with Gasteiger partial charge in [-0.2, -0.15) is 0 Å². The Bertz CT molecular complexity index is 4060. The molecule has 304 valence electrons. The maximum atomic E-state index is 5.11. The number of benzene rings is 12. The molecule has 2 heterocycles. The van der Waals surface area contributed by atoms with Crippen LogP contribution in [-0.2, 0) is 0 Å². The summed E-state index contributed by atoms with van der Waals surface area (Å²) in [6, 6.07) is 79.9. The largest absolute Gasteiger partial charge is 0.256 e. The molecule has 0 radical (unpaired) electrons. The average Bonchev–Trinajstić information content (AvgIpc) is 3.38. The van der Waals surface area contributed by atoms with E-state index < -0.39 is 0 Å². The molecule has 0 aliphatic heterocycles. The lowest BCUT2D eigenvalue weighted by molar-refractivity contribution is 1.45. The molecule has 0 amide bonds. The fourth-order valence-corrected chi connectivity index (χ4v) is 11.2. The van der Waals surface area contributed by atoms with E-state index in [2.05, 4.69) is 231 Å². The lowest BCUT2D eigenvalue weighted by atomic mass is 9.83. The number of para-hydroxylation sites is 2. The summed E-state index contributed by atoms with van der Waals surface area (Å²) < 4.78 is 0. The number of rotatable bonds is 4. The lowest BCUT2D eigenvalue weighted by Crippen LogP contribution is -1.94. The number of hydrogen-bond acceptors (Lipinski definition) is 2. The zero-order valence-electron chi connectivity index (χ0n) is 35.8. The Morgan fingerprint density at radius 1 is 0.227 bits per heavy atom. The first kappa shape index (κ1) is 36.7. The van der Waals surface area contributed by atoms with Crippen molar-refractivity contribution in [1.82, 2.24) is 9.97 Å². The summed E-state index contributed by atoms with van der Waals surface area (Å²) in [6.45, 7) is 0. The van der Waals surface area contributed by atoms with Gasteiger partial charge in [0.2, 0.25) is 0 Å². The number of fused-ring (bicyclic) bond motifs is 11. The zero-order valence-corrected chi connectivity index (χ0v) is 35.8. The Kier molecular flexibility index (Phi) is 8.02. The molecule has 12 aromatic carbocycles. The topological polar surface area (TPSA) is 25.8 Å². The van der Waals surface area contributed by atoms with Crippen LogP contribution in [-0.4, -0.2) is 9.97 Å². The van der Waals surface area contributed by atoms with Gasteiger partial charge in [0.25, 0.3) is 0 Å². The monoisotopic (exact) mass is 834 g/mol. The molecule has 0 N–H and O–H groups in total. The molecule has 14 aromatic rings. The summed E-state index contributed by atoms with van der Waals surface area (Å²) in [5, 5.41) is 19.3. The predicted molar refractivity (Wildman–Crippen MR) is 281 cm³/mol. The highest BCUT2D eigenvalue weighted by Gasteiger charge is 2.23. The van der Waals surface area contributed by atoms with E-state index in [-0.39, 0.29) is 0 Å². The lowest BCUT2D eigenvalue weighted by Gasteiger charge is -2.21. The molecule has 0 aliphatic carbocycles. The predicted octanol–water partition coefficient (Wildman–Crippen LogP) is 17.5. The molecule has 14 rings (SSSR count). The van der Waals surface area contributed by atoms with E-state index in [1.807, 2.05) is 0 Å². The molecular weight excluding hydrogens is 797 g/mol. The number of pyridine rings is 2. The summed E-state index contributed by atoms with van der Waals surface area (Å²) in [4.78, 5) is 10.2. The first-order valence-electron chi connectivity index (χ1n) is 22.7. The molecule has 0 saturated carbocycles. The second kappa shape index (κ2) is 14.4. The number of hydrogen-bond donors (Lipinski definition) is 0. The maximum absolute atomic E-state index is 5.11. The van der Waals surface area contributed by atoms with Crippen molar-refractivity contribution in [3.05, 3.63) is 231 Å². The highest BCUT2D eigenvalue weighted by atomic mass is 14.7. The van der Waals surface area contributed by atoms with Gasteiger partial charge in [0.05, 0.1) is 11.0 Å². The molecule has 0 unspecified atom stereocenters. The molecule has 0 fully saturated rings. The average molecular weight is 835 g/mol. The summed E-state index contributed by atoms with van der Waals surface area (Å²) in [5.74, 6) is 0. The van der Waals surface area contributed by atoms with Crippen molar-refractivity contribution >= 4 is 97.2 Å². The smallest absolute Gasteiger partial charge is 0.0708 e. The van der Waals surface area contributed by atoms with Crippen LogP contribution in [0.2, 0.25) is 0 Å². The number of aromatic nitrogens is 2. The Morgan fingerprint density at radius 2 is 0.576 bits per heavy atom. The van der Waals surface area contributed by atoms with Crippen LogP contribution in [0.1, 0.15) is 0 Å². The van der Waals surface area contributed by atoms with Gasteiger partial charge >= 0.3 is 0 Å². The van der Waals surface area contributed by atoms with Crippen molar-refractivity contribution in [3.63, 3.8) is 0 Å². The minimum absolute atomic E-state index is 0.993. The van der Waals surface area contributed by atoms with Crippen LogP contribution in [0.15, 0.2) is 231 Å². The minimum Gasteiger partial charge on any atom is -0.256 e. The van der Waals surface area contributed by atoms with Gasteiger partial charge in [0.15, 0.2) is 0 Å². The molecule has 2 heteroatoms. The minimum atomic E-state index is 0.993. The maximum Gasteiger partial charge on any atom is 0.0708 e. The van der Waals surface area contributed by atoms with Crippen molar-refractivity contribution in [2.24, 2.45) is 0 Å². The van der Waals surface area contributed by atoms with Crippen LogP contribution in [0, 0.1) is 0 Å². The van der Waals surface area contributed by atoms with Gasteiger partial charge in [-0.1, -0.05) is 194 Å². The van der Waals surface area contributed by atoms with E-state index in [9.17, 15) is 0 Å². The van der Waals surface area contributed by atoms with Crippen LogP contribution >= 0.6 is 0 Å². The van der Waals surface area contributed by atoms with Crippen LogP contribution in [0.5, 0.6) is 0 Å². The third-order valence-corrected chi connectivity index (χ3v) is 14.1. The molecule has 66 heavy (non-hydrogen) atoms. The van der Waals surface area contributed by atoms with E-state index in [1.165, 1.54) is 109 Å². The molecule has 2 nitrogen and oxygen atoms in total. The fraction of sp³-hybridized carbons (Fsp3) is 0. The second-order valence-corrected chi connectivity index (χ2v) is 17.5. The van der Waals surface area contributed by atoms with Gasteiger partial charge in [-0.3, -0.25) is 9.97 Å². The molecule has 0 bridgehead atoms. The summed E-state index contributed by atoms with van der Waals surface area (Å²) in [7, 11) is 0. The van der Waals surface area contributed by atoms with E-state index in [1.54, 1.807) is 0 Å². The SMILES string of the molecule is c1ccc2c(-c3c4ccccc4c(-c4ccc5cc(-c6c7ccccc7c(-c7cccc8ccccc78)c7c6cnc6ccccc67)ccc5c4)c4cnc5ccccc5c34)cccc2c1. The molecule has 0 aliphatic rings. The van der Waals surface area contributed by atoms with Crippen LogP contribution < -0.4 is 0 Å². The van der Waals surface area contributed by atoms with Crippen LogP contribution in [0.25, 0.3) is 142 Å². The quantitative estimate of drug-likeness (QED) is 0.130. The first-order valence-corrected chi connectivity index (χ1v) is 22.7. The first-order chi connectivity index (χ1) is 32.8. The Hall–Kier alpha value is -8.72. The molecular formula is C64H38N2. The number of nitrogens with zero attached hydrogens (tertiary/aromatic N) is 2. The molecule has 0 saturated heterocycles. The molecule has 2 aromatic heterocycles. The van der Waals surface area contributed by atoms with Crippen molar-refractivity contribution in [3.8, 4) is 44.5 Å². The standard InChI is InChI=1S/C64H38N2/c1-3-19-45-39(15-1)17-13-27-47(45)61-51-23-7-5-21-49(51)59(55-37-65-57-29-11-9-25-53(57)63(55)61)43-33-31-42-36-44(34-32-41(42)35-43)60-50-22-6-8-24-52(50)62(48-28-14-18-40-16-2-4-20-46(40)48)64-54-26-10-12-30-58(54)66-38-56(60)64/h1-38H. The van der Waals surface area contributed by atoms with Gasteiger partial charge in [-0.15, -0.1) is 0 Å². The summed E-state index contributed by atoms with van der Waals surface area (Å²) in [5.41, 5.74) is 11.7. The third kappa shape index (κ3) is 5.42. The van der Waals surface area contributed by atoms with E-state index >= 15 is 0 Å². The van der Waals surface area contributed by atoms with E-state index in [0.717, 1.165) is 32.6 Å². The zero-order chi connectivity index (χ0) is 43.3. The highest BCUT2D eigenvalue weighted by molar-refractivity contribution is 6.31. The van der Waals surface area contributed by atoms with Gasteiger partial charge < -0.3 is 0 Å². The Balaban J connectivity index is 1.01. The van der Waals surface area contributed by atoms with E-state index in [0.29, 0.717) is 0 Å². The highest BCUT2D eigenvalue weighted by Crippen LogP contribution is 2.50. The van der Waals surface area contributed by atoms with Crippen LogP contribution in [0.3, 0.4) is 0 Å². The molecule has 0 spiro atoms. The van der Waals surface area contributed by atoms with Gasteiger partial charge in [-0.25, -0.2) is 0 Å². The van der Waals surface area contributed by atoms with Crippen LogP contribution in [0.4, 0.5) is 0 Å². The van der Waals surface area contributed by atoms with Crippen molar-refractivity contribution in [1.29, 1.82) is 0 Å². The van der Waals surface area contributed by atoms with Crippen molar-refractivity contribution in [2.45, 2.75) is 0 Å². The Morgan fingerprint density at radius 3 is 1.02 bits per heavy atom. The normalized spacial score (nSPS) is 11.9. The molecule has 0 atom stereocenters. The third-order valence-electron chi connectivity index (χ3n) is 14.1.